The second kappa shape index (κ2) is 6.51. The van der Waals surface area contributed by atoms with Crippen molar-refractivity contribution >= 4 is 22.5 Å². The summed E-state index contributed by atoms with van der Waals surface area (Å²) in [5, 5.41) is 2.94. The van der Waals surface area contributed by atoms with Gasteiger partial charge in [0.15, 0.2) is 0 Å². The third-order valence-electron chi connectivity index (χ3n) is 4.32. The first-order chi connectivity index (χ1) is 11.0. The van der Waals surface area contributed by atoms with E-state index >= 15 is 0 Å². The zero-order valence-electron chi connectivity index (χ0n) is 13.7. The number of amides is 2. The number of ether oxygens (including phenoxy) is 1. The van der Waals surface area contributed by atoms with Crippen molar-refractivity contribution in [2.45, 2.75) is 31.4 Å². The van der Waals surface area contributed by atoms with E-state index in [0.29, 0.717) is 42.8 Å². The molecule has 1 aromatic rings. The van der Waals surface area contributed by atoms with Crippen molar-refractivity contribution in [1.82, 2.24) is 4.90 Å². The molecule has 2 fully saturated rings. The van der Waals surface area contributed by atoms with Crippen LogP contribution in [-0.4, -0.2) is 45.3 Å². The Morgan fingerprint density at radius 1 is 1.39 bits per heavy atom. The number of rotatable bonds is 4. The number of hydrogen-bond donors (Lipinski definition) is 1. The van der Waals surface area contributed by atoms with Crippen LogP contribution in [0.2, 0.25) is 0 Å². The summed E-state index contributed by atoms with van der Waals surface area (Å²) in [4.78, 5) is 14.3. The Morgan fingerprint density at radius 2 is 2.13 bits per heavy atom. The van der Waals surface area contributed by atoms with Crippen LogP contribution in [0.15, 0.2) is 24.3 Å². The molecule has 2 aliphatic rings. The molecule has 126 valence electrons. The van der Waals surface area contributed by atoms with Crippen molar-refractivity contribution in [3.63, 3.8) is 0 Å². The molecule has 0 spiro atoms. The van der Waals surface area contributed by atoms with Crippen molar-refractivity contribution in [3.05, 3.63) is 24.3 Å². The van der Waals surface area contributed by atoms with Gasteiger partial charge in [0, 0.05) is 29.6 Å². The Morgan fingerprint density at radius 3 is 2.83 bits per heavy atom. The van der Waals surface area contributed by atoms with Gasteiger partial charge in [0.25, 0.3) is 0 Å². The van der Waals surface area contributed by atoms with E-state index in [1.807, 2.05) is 38.1 Å². The summed E-state index contributed by atoms with van der Waals surface area (Å²) in [5.74, 6) is 1.91. The molecule has 0 bridgehead atoms. The summed E-state index contributed by atoms with van der Waals surface area (Å²) in [6.07, 6.45) is 2.46. The fourth-order valence-electron chi connectivity index (χ4n) is 2.64. The monoisotopic (exact) mass is 336 g/mol. The van der Waals surface area contributed by atoms with Crippen LogP contribution in [0, 0.1) is 5.92 Å². The number of urea groups is 1. The van der Waals surface area contributed by atoms with Crippen LogP contribution in [0.25, 0.3) is 0 Å². The van der Waals surface area contributed by atoms with Crippen LogP contribution in [0.3, 0.4) is 0 Å². The third kappa shape index (κ3) is 4.05. The number of nitrogens with zero attached hydrogens (tertiary/aromatic N) is 1. The highest BCUT2D eigenvalue weighted by Gasteiger charge is 2.35. The molecule has 1 N–H and O–H groups in total. The van der Waals surface area contributed by atoms with Crippen LogP contribution in [-0.2, 0) is 10.8 Å². The summed E-state index contributed by atoms with van der Waals surface area (Å²) < 4.78 is 17.4. The number of para-hydroxylation sites is 2. The van der Waals surface area contributed by atoms with E-state index in [4.69, 9.17) is 4.74 Å². The quantitative estimate of drug-likeness (QED) is 0.920. The lowest BCUT2D eigenvalue weighted by Crippen LogP contribution is -2.53. The molecule has 3 rings (SSSR count). The minimum atomic E-state index is -0.886. The Hall–Kier alpha value is -1.56. The van der Waals surface area contributed by atoms with Crippen molar-refractivity contribution in [3.8, 4) is 5.75 Å². The zero-order chi connectivity index (χ0) is 16.4. The number of anilines is 1. The Bertz CT molecular complexity index is 614. The lowest BCUT2D eigenvalue weighted by molar-refractivity contribution is 0.207. The Labute approximate surface area is 139 Å². The fourth-order valence-corrected chi connectivity index (χ4v) is 3.87. The highest BCUT2D eigenvalue weighted by atomic mass is 32.2. The van der Waals surface area contributed by atoms with E-state index < -0.39 is 10.8 Å². The van der Waals surface area contributed by atoms with Crippen LogP contribution in [0.4, 0.5) is 10.5 Å². The van der Waals surface area contributed by atoms with Gasteiger partial charge in [-0.2, -0.15) is 0 Å². The first-order valence-corrected chi connectivity index (χ1v) is 9.44. The van der Waals surface area contributed by atoms with Gasteiger partial charge in [-0.15, -0.1) is 0 Å². The van der Waals surface area contributed by atoms with Gasteiger partial charge < -0.3 is 15.0 Å². The van der Waals surface area contributed by atoms with Crippen LogP contribution >= 0.6 is 0 Å². The smallest absolute Gasteiger partial charge is 0.322 e. The van der Waals surface area contributed by atoms with Gasteiger partial charge in [-0.3, -0.25) is 4.21 Å². The molecule has 5 nitrogen and oxygen atoms in total. The maximum absolute atomic E-state index is 12.5. The van der Waals surface area contributed by atoms with Gasteiger partial charge in [-0.1, -0.05) is 12.1 Å². The average molecular weight is 336 g/mol. The van der Waals surface area contributed by atoms with Crippen molar-refractivity contribution < 1.29 is 13.7 Å². The lowest BCUT2D eigenvalue weighted by Gasteiger charge is -2.37. The van der Waals surface area contributed by atoms with E-state index in [0.717, 1.165) is 0 Å². The van der Waals surface area contributed by atoms with Crippen molar-refractivity contribution in [2.24, 2.45) is 5.92 Å². The molecular formula is C17H24N2O3S. The molecule has 1 aromatic carbocycles. The SMILES string of the molecule is CC1(C)CN(C(=O)Nc2ccccc2OCC2CC2)CCS1=O. The molecule has 1 saturated heterocycles. The molecule has 0 aromatic heterocycles. The number of carbonyl (C=O) groups is 1. The highest BCUT2D eigenvalue weighted by Crippen LogP contribution is 2.32. The summed E-state index contributed by atoms with van der Waals surface area (Å²) in [5.41, 5.74) is 0.697. The standard InChI is InChI=1S/C17H24N2O3S/c1-17(2)12-19(9-10-23(17)21)16(20)18-14-5-3-4-6-15(14)22-11-13-7-8-13/h3-6,13H,7-12H2,1-2H3,(H,18,20). The molecule has 1 heterocycles. The van der Waals surface area contributed by atoms with Gasteiger partial charge in [-0.05, 0) is 44.7 Å². The average Bonchev–Trinajstić information content (AvgIpc) is 3.33. The molecule has 6 heteroatoms. The van der Waals surface area contributed by atoms with Gasteiger partial charge in [-0.25, -0.2) is 4.79 Å². The van der Waals surface area contributed by atoms with Crippen LogP contribution in [0.1, 0.15) is 26.7 Å². The summed E-state index contributed by atoms with van der Waals surface area (Å²) in [6, 6.07) is 7.37. The normalized spacial score (nSPS) is 23.4. The van der Waals surface area contributed by atoms with E-state index in [9.17, 15) is 9.00 Å². The molecule has 1 aliphatic carbocycles. The lowest BCUT2D eigenvalue weighted by atomic mass is 10.2. The molecule has 2 amide bonds. The maximum atomic E-state index is 12.5. The summed E-state index contributed by atoms with van der Waals surface area (Å²) in [6.45, 7) is 5.61. The number of nitrogens with one attached hydrogen (secondary N) is 1. The molecule has 1 aliphatic heterocycles. The van der Waals surface area contributed by atoms with E-state index in [2.05, 4.69) is 5.32 Å². The van der Waals surface area contributed by atoms with Crippen LogP contribution < -0.4 is 10.1 Å². The van der Waals surface area contributed by atoms with Gasteiger partial charge in [0.1, 0.15) is 5.75 Å². The predicted octanol–water partition coefficient (Wildman–Crippen LogP) is 2.85. The van der Waals surface area contributed by atoms with Crippen LogP contribution in [0.5, 0.6) is 5.75 Å². The Balaban J connectivity index is 1.64. The maximum Gasteiger partial charge on any atom is 0.322 e. The highest BCUT2D eigenvalue weighted by molar-refractivity contribution is 7.86. The number of benzene rings is 1. The van der Waals surface area contributed by atoms with Gasteiger partial charge >= 0.3 is 6.03 Å². The molecular weight excluding hydrogens is 312 g/mol. The first-order valence-electron chi connectivity index (χ1n) is 8.12. The van der Waals surface area contributed by atoms with Gasteiger partial charge in [0.2, 0.25) is 0 Å². The fraction of sp³-hybridized carbons (Fsp3) is 0.588. The van der Waals surface area contributed by atoms with E-state index in [1.54, 1.807) is 4.90 Å². The van der Waals surface area contributed by atoms with E-state index in [-0.39, 0.29) is 10.8 Å². The molecule has 1 atom stereocenters. The van der Waals surface area contributed by atoms with Crippen molar-refractivity contribution in [2.75, 3.05) is 30.8 Å². The second-order valence-electron chi connectivity index (χ2n) is 6.91. The first kappa shape index (κ1) is 16.3. The predicted molar refractivity (Wildman–Crippen MR) is 92.3 cm³/mol. The summed E-state index contributed by atoms with van der Waals surface area (Å²) in [7, 11) is -0.886. The number of carbonyl (C=O) groups excluding carboxylic acids is 1. The third-order valence-corrected chi connectivity index (χ3v) is 6.24. The molecule has 23 heavy (non-hydrogen) atoms. The summed E-state index contributed by atoms with van der Waals surface area (Å²) >= 11 is 0. The Kier molecular flexibility index (Phi) is 4.62. The molecule has 0 radical (unpaired) electrons. The molecule has 1 unspecified atom stereocenters. The topological polar surface area (TPSA) is 58.6 Å². The molecule has 1 saturated carbocycles. The van der Waals surface area contributed by atoms with Gasteiger partial charge in [0.05, 0.1) is 17.0 Å². The minimum absolute atomic E-state index is 0.155. The number of hydrogen-bond acceptors (Lipinski definition) is 3. The zero-order valence-corrected chi connectivity index (χ0v) is 14.5. The van der Waals surface area contributed by atoms with Crippen molar-refractivity contribution in [1.29, 1.82) is 0 Å². The second-order valence-corrected chi connectivity index (χ2v) is 9.12. The van der Waals surface area contributed by atoms with E-state index in [1.165, 1.54) is 12.8 Å². The largest absolute Gasteiger partial charge is 0.491 e. The minimum Gasteiger partial charge on any atom is -0.491 e.